The van der Waals surface area contributed by atoms with Gasteiger partial charge >= 0.3 is 0 Å². The number of aliphatic hydroxyl groups is 4. The molecule has 1 aromatic heterocycles. The zero-order valence-corrected chi connectivity index (χ0v) is 14.6. The maximum absolute atomic E-state index is 10.3. The van der Waals surface area contributed by atoms with Gasteiger partial charge in [-0.15, -0.1) is 0 Å². The van der Waals surface area contributed by atoms with Crippen LogP contribution in [0.25, 0.3) is 22.2 Å². The van der Waals surface area contributed by atoms with E-state index in [4.69, 9.17) is 4.74 Å². The number of benzene rings is 2. The van der Waals surface area contributed by atoms with Gasteiger partial charge in [0.15, 0.2) is 0 Å². The van der Waals surface area contributed by atoms with Crippen molar-refractivity contribution >= 4 is 11.0 Å². The van der Waals surface area contributed by atoms with Crippen LogP contribution in [-0.4, -0.2) is 55.3 Å². The lowest BCUT2D eigenvalue weighted by Crippen LogP contribution is -2.44. The number of hydrogen-bond acceptors (Lipinski definition) is 6. The normalized spacial score (nSPS) is 25.8. The highest BCUT2D eigenvalue weighted by atomic mass is 16.5. The van der Waals surface area contributed by atoms with Crippen LogP contribution < -0.4 is 0 Å². The summed E-state index contributed by atoms with van der Waals surface area (Å²) in [4.78, 5) is 7.36. The fraction of sp³-hybridized carbons (Fsp3) is 0.350. The molecule has 4 atom stereocenters. The maximum Gasteiger partial charge on any atom is 0.133 e. The highest BCUT2D eigenvalue weighted by Gasteiger charge is 2.37. The van der Waals surface area contributed by atoms with Crippen LogP contribution in [0.4, 0.5) is 0 Å². The summed E-state index contributed by atoms with van der Waals surface area (Å²) in [6, 6.07) is 13.3. The first-order valence-electron chi connectivity index (χ1n) is 8.91. The number of rotatable bonds is 4. The highest BCUT2D eigenvalue weighted by molar-refractivity contribution is 5.82. The number of nitrogens with zero attached hydrogens (tertiary/aromatic N) is 1. The predicted molar refractivity (Wildman–Crippen MR) is 98.8 cm³/mol. The lowest BCUT2D eigenvalue weighted by atomic mass is 9.91. The Morgan fingerprint density at radius 3 is 2.67 bits per heavy atom. The minimum Gasteiger partial charge on any atom is -0.394 e. The van der Waals surface area contributed by atoms with E-state index >= 15 is 0 Å². The van der Waals surface area contributed by atoms with E-state index in [-0.39, 0.29) is 19.6 Å². The van der Waals surface area contributed by atoms with E-state index in [1.54, 1.807) is 0 Å². The summed E-state index contributed by atoms with van der Waals surface area (Å²) in [6.45, 7) is -0.353. The van der Waals surface area contributed by atoms with Gasteiger partial charge in [-0.05, 0) is 34.9 Å². The molecule has 1 saturated heterocycles. The van der Waals surface area contributed by atoms with Gasteiger partial charge in [-0.3, -0.25) is 0 Å². The molecule has 0 radical (unpaired) electrons. The third-order valence-electron chi connectivity index (χ3n) is 4.98. The van der Waals surface area contributed by atoms with Gasteiger partial charge in [0.05, 0.1) is 29.8 Å². The molecule has 7 heteroatoms. The Kier molecular flexibility index (Phi) is 4.94. The van der Waals surface area contributed by atoms with Gasteiger partial charge in [-0.25, -0.2) is 4.98 Å². The Balaban J connectivity index is 1.67. The standard InChI is InChI=1S/C20H22N2O5/c23-9-14-8-17(25)19(26)20(27-14)13-3-1-2-11(6-13)12-4-5-15-16(7-12)22-18(10-24)21-15/h1-7,14,17,19-20,23-26H,8-10H2,(H,21,22). The quantitative estimate of drug-likeness (QED) is 0.472. The maximum atomic E-state index is 10.3. The molecule has 7 nitrogen and oxygen atoms in total. The van der Waals surface area contributed by atoms with Crippen molar-refractivity contribution in [2.45, 2.75) is 37.4 Å². The molecule has 4 unspecified atom stereocenters. The Labute approximate surface area is 155 Å². The molecule has 142 valence electrons. The first kappa shape index (κ1) is 18.1. The molecule has 3 aromatic rings. The number of aromatic nitrogens is 2. The monoisotopic (exact) mass is 370 g/mol. The third kappa shape index (κ3) is 3.47. The number of aromatic amines is 1. The Hall–Kier alpha value is -2.29. The molecule has 1 aliphatic rings. The SMILES string of the molecule is OCc1nc2ccc(-c3cccc(C4OC(CO)CC(O)C4O)c3)cc2[nH]1. The molecule has 0 amide bonds. The van der Waals surface area contributed by atoms with E-state index in [1.807, 2.05) is 42.5 Å². The molecule has 27 heavy (non-hydrogen) atoms. The van der Waals surface area contributed by atoms with Crippen molar-refractivity contribution in [2.75, 3.05) is 6.61 Å². The van der Waals surface area contributed by atoms with Crippen LogP contribution in [-0.2, 0) is 11.3 Å². The molecule has 0 spiro atoms. The largest absolute Gasteiger partial charge is 0.394 e. The van der Waals surface area contributed by atoms with E-state index in [1.165, 1.54) is 0 Å². The van der Waals surface area contributed by atoms with Gasteiger partial charge in [-0.2, -0.15) is 0 Å². The second-order valence-electron chi connectivity index (χ2n) is 6.85. The summed E-state index contributed by atoms with van der Waals surface area (Å²) in [6.07, 6.45) is -3.00. The molecule has 0 bridgehead atoms. The van der Waals surface area contributed by atoms with Crippen molar-refractivity contribution in [1.82, 2.24) is 9.97 Å². The molecule has 2 aromatic carbocycles. The molecule has 0 aliphatic carbocycles. The average Bonchev–Trinajstić information content (AvgIpc) is 3.12. The molecular formula is C20H22N2O5. The van der Waals surface area contributed by atoms with Gasteiger partial charge in [0.25, 0.3) is 0 Å². The summed E-state index contributed by atoms with van der Waals surface area (Å²) >= 11 is 0. The fourth-order valence-corrected chi connectivity index (χ4v) is 3.56. The molecular weight excluding hydrogens is 348 g/mol. The Bertz CT molecular complexity index is 941. The van der Waals surface area contributed by atoms with Crippen molar-refractivity contribution in [1.29, 1.82) is 0 Å². The summed E-state index contributed by atoms with van der Waals surface area (Å²) in [5.41, 5.74) is 4.21. The topological polar surface area (TPSA) is 119 Å². The average molecular weight is 370 g/mol. The minimum absolute atomic E-state index is 0.148. The van der Waals surface area contributed by atoms with Crippen LogP contribution >= 0.6 is 0 Å². The number of fused-ring (bicyclic) bond motifs is 1. The number of ether oxygens (including phenoxy) is 1. The lowest BCUT2D eigenvalue weighted by molar-refractivity contribution is -0.179. The van der Waals surface area contributed by atoms with Crippen LogP contribution in [0, 0.1) is 0 Å². The van der Waals surface area contributed by atoms with Crippen molar-refractivity contribution in [3.63, 3.8) is 0 Å². The number of imidazole rings is 1. The van der Waals surface area contributed by atoms with Crippen LogP contribution in [0.5, 0.6) is 0 Å². The van der Waals surface area contributed by atoms with Crippen LogP contribution in [0.3, 0.4) is 0 Å². The van der Waals surface area contributed by atoms with E-state index in [0.717, 1.165) is 27.7 Å². The van der Waals surface area contributed by atoms with Crippen LogP contribution in [0.15, 0.2) is 42.5 Å². The van der Waals surface area contributed by atoms with Crippen molar-refractivity contribution in [3.05, 3.63) is 53.9 Å². The van der Waals surface area contributed by atoms with E-state index in [0.29, 0.717) is 5.82 Å². The molecule has 1 aliphatic heterocycles. The van der Waals surface area contributed by atoms with Crippen LogP contribution in [0.1, 0.15) is 23.9 Å². The summed E-state index contributed by atoms with van der Waals surface area (Å²) < 4.78 is 5.78. The Morgan fingerprint density at radius 1 is 1.07 bits per heavy atom. The second kappa shape index (κ2) is 7.38. The molecule has 4 rings (SSSR count). The first-order chi connectivity index (χ1) is 13.1. The predicted octanol–water partition coefficient (Wildman–Crippen LogP) is 1.27. The van der Waals surface area contributed by atoms with Crippen molar-refractivity contribution in [3.8, 4) is 11.1 Å². The number of H-pyrrole nitrogens is 1. The Morgan fingerprint density at radius 2 is 1.89 bits per heavy atom. The molecule has 5 N–H and O–H groups in total. The fourth-order valence-electron chi connectivity index (χ4n) is 3.56. The summed E-state index contributed by atoms with van der Waals surface area (Å²) in [5.74, 6) is 0.513. The summed E-state index contributed by atoms with van der Waals surface area (Å²) in [7, 11) is 0. The first-order valence-corrected chi connectivity index (χ1v) is 8.91. The van der Waals surface area contributed by atoms with Gasteiger partial charge in [0.2, 0.25) is 0 Å². The van der Waals surface area contributed by atoms with Crippen molar-refractivity contribution < 1.29 is 25.2 Å². The highest BCUT2D eigenvalue weighted by Crippen LogP contribution is 2.34. The number of hydrogen-bond donors (Lipinski definition) is 5. The van der Waals surface area contributed by atoms with Gasteiger partial charge in [0, 0.05) is 6.42 Å². The zero-order chi connectivity index (χ0) is 19.0. The zero-order valence-electron chi connectivity index (χ0n) is 14.6. The minimum atomic E-state index is -1.05. The van der Waals surface area contributed by atoms with Gasteiger partial charge < -0.3 is 30.1 Å². The molecule has 0 saturated carbocycles. The van der Waals surface area contributed by atoms with Gasteiger partial charge in [0.1, 0.15) is 24.6 Å². The second-order valence-corrected chi connectivity index (χ2v) is 6.85. The van der Waals surface area contributed by atoms with Crippen LogP contribution in [0.2, 0.25) is 0 Å². The lowest BCUT2D eigenvalue weighted by Gasteiger charge is -2.37. The van der Waals surface area contributed by atoms with E-state index in [2.05, 4.69) is 9.97 Å². The third-order valence-corrected chi connectivity index (χ3v) is 4.98. The van der Waals surface area contributed by atoms with Crippen molar-refractivity contribution in [2.24, 2.45) is 0 Å². The number of nitrogens with one attached hydrogen (secondary N) is 1. The number of aliphatic hydroxyl groups excluding tert-OH is 4. The summed E-state index contributed by atoms with van der Waals surface area (Å²) in [5, 5.41) is 39.0. The smallest absolute Gasteiger partial charge is 0.133 e. The molecule has 1 fully saturated rings. The van der Waals surface area contributed by atoms with E-state index < -0.39 is 24.4 Å². The van der Waals surface area contributed by atoms with Gasteiger partial charge in [-0.1, -0.05) is 24.3 Å². The van der Waals surface area contributed by atoms with E-state index in [9.17, 15) is 20.4 Å². The molecule has 2 heterocycles.